The van der Waals surface area contributed by atoms with E-state index < -0.39 is 0 Å². The molecule has 1 atom stereocenters. The van der Waals surface area contributed by atoms with Gasteiger partial charge in [0.1, 0.15) is 11.6 Å². The summed E-state index contributed by atoms with van der Waals surface area (Å²) in [5.41, 5.74) is 1.91. The van der Waals surface area contributed by atoms with Crippen molar-refractivity contribution >= 4 is 46.7 Å². The zero-order valence-corrected chi connectivity index (χ0v) is 19.1. The number of hydrogen-bond acceptors (Lipinski definition) is 7. The quantitative estimate of drug-likeness (QED) is 0.647. The van der Waals surface area contributed by atoms with Crippen molar-refractivity contribution < 1.29 is 14.2 Å². The molecule has 0 aromatic heterocycles. The number of ether oxygens (including phenoxy) is 3. The van der Waals surface area contributed by atoms with E-state index in [0.717, 1.165) is 31.1 Å². The predicted molar refractivity (Wildman–Crippen MR) is 123 cm³/mol. The number of hydrogen-bond donors (Lipinski definition) is 3. The van der Waals surface area contributed by atoms with Gasteiger partial charge in [-0.3, -0.25) is 10.8 Å². The van der Waals surface area contributed by atoms with E-state index in [1.807, 2.05) is 0 Å². The van der Waals surface area contributed by atoms with Crippen molar-refractivity contribution in [2.24, 2.45) is 10.9 Å². The molecule has 0 aliphatic carbocycles. The molecule has 0 saturated carbocycles. The third kappa shape index (κ3) is 3.50. The lowest BCUT2D eigenvalue weighted by Gasteiger charge is -2.17. The van der Waals surface area contributed by atoms with Gasteiger partial charge in [-0.2, -0.15) is 0 Å². The molecule has 1 fully saturated rings. The van der Waals surface area contributed by atoms with E-state index in [1.54, 1.807) is 27.4 Å². The standard InChI is InChI=1S/C20H25N5O3S.ClH/c1-5-10-6-7-25(9-10)20-24-19(22)17(29-20)15-14-13(18(21)23-15)11(26-2)8-12(27-3)16(14)28-4;/h8,10,22H,5-7,9H2,1-4H3,(H2,21,23);1H. The lowest BCUT2D eigenvalue weighted by molar-refractivity contribution is 0.348. The molecule has 1 unspecified atom stereocenters. The SMILES string of the molecule is CCC1CCN(C2=NC(=N)C(=C3NC(=N)c4c(OC)cc(OC)c(OC)c43)S2)C1.Cl. The van der Waals surface area contributed by atoms with Crippen LogP contribution in [0.5, 0.6) is 17.2 Å². The van der Waals surface area contributed by atoms with Gasteiger partial charge in [0.25, 0.3) is 0 Å². The van der Waals surface area contributed by atoms with Crippen LogP contribution in [0, 0.1) is 16.7 Å². The maximum atomic E-state index is 8.49. The molecule has 1 saturated heterocycles. The molecule has 8 nitrogen and oxygen atoms in total. The van der Waals surface area contributed by atoms with Crippen molar-refractivity contribution in [1.82, 2.24) is 10.2 Å². The Morgan fingerprint density at radius 3 is 2.50 bits per heavy atom. The van der Waals surface area contributed by atoms with Crippen molar-refractivity contribution in [3.63, 3.8) is 0 Å². The number of likely N-dealkylation sites (tertiary alicyclic amines) is 1. The lowest BCUT2D eigenvalue weighted by Crippen LogP contribution is -2.25. The molecule has 0 bridgehead atoms. The molecule has 1 aromatic carbocycles. The summed E-state index contributed by atoms with van der Waals surface area (Å²) in [4.78, 5) is 7.45. The Labute approximate surface area is 186 Å². The number of amidine groups is 3. The van der Waals surface area contributed by atoms with Crippen molar-refractivity contribution in [3.05, 3.63) is 22.1 Å². The normalized spacial score (nSPS) is 22.5. The van der Waals surface area contributed by atoms with Gasteiger partial charge in [0.15, 0.2) is 22.5 Å². The fourth-order valence-electron chi connectivity index (χ4n) is 3.99. The second-order valence-corrected chi connectivity index (χ2v) is 8.10. The number of rotatable bonds is 4. The minimum absolute atomic E-state index is 0. The molecule has 0 radical (unpaired) electrons. The van der Waals surface area contributed by atoms with E-state index in [-0.39, 0.29) is 24.1 Å². The first-order valence-electron chi connectivity index (χ1n) is 9.56. The largest absolute Gasteiger partial charge is 0.496 e. The fraction of sp³-hybridized carbons (Fsp3) is 0.450. The van der Waals surface area contributed by atoms with Gasteiger partial charge in [-0.1, -0.05) is 13.3 Å². The molecule has 1 aromatic rings. The van der Waals surface area contributed by atoms with Gasteiger partial charge >= 0.3 is 0 Å². The van der Waals surface area contributed by atoms with E-state index in [0.29, 0.717) is 44.9 Å². The maximum Gasteiger partial charge on any atom is 0.171 e. The molecule has 10 heteroatoms. The molecule has 3 aliphatic heterocycles. The number of aliphatic imine (C=N–C) groups is 1. The summed E-state index contributed by atoms with van der Waals surface area (Å²) >= 11 is 1.47. The maximum absolute atomic E-state index is 8.49. The van der Waals surface area contributed by atoms with Crippen LogP contribution in [0.25, 0.3) is 5.70 Å². The first kappa shape index (κ1) is 22.3. The number of benzene rings is 1. The summed E-state index contributed by atoms with van der Waals surface area (Å²) in [6, 6.07) is 1.71. The van der Waals surface area contributed by atoms with E-state index >= 15 is 0 Å². The van der Waals surface area contributed by atoms with Gasteiger partial charge in [-0.25, -0.2) is 4.99 Å². The molecule has 3 N–H and O–H groups in total. The van der Waals surface area contributed by atoms with Crippen LogP contribution in [0.1, 0.15) is 30.9 Å². The second kappa shape index (κ2) is 8.77. The molecule has 3 heterocycles. The Kier molecular flexibility index (Phi) is 6.52. The molecule has 0 spiro atoms. The van der Waals surface area contributed by atoms with Crippen LogP contribution in [0.4, 0.5) is 0 Å². The van der Waals surface area contributed by atoms with Crippen LogP contribution >= 0.6 is 24.2 Å². The predicted octanol–water partition coefficient (Wildman–Crippen LogP) is 3.54. The average molecular weight is 452 g/mol. The Balaban J connectivity index is 0.00000256. The molecule has 30 heavy (non-hydrogen) atoms. The van der Waals surface area contributed by atoms with E-state index in [1.165, 1.54) is 11.8 Å². The van der Waals surface area contributed by atoms with E-state index in [9.17, 15) is 0 Å². The van der Waals surface area contributed by atoms with Gasteiger partial charge in [-0.15, -0.1) is 12.4 Å². The number of nitrogens with one attached hydrogen (secondary N) is 3. The first-order chi connectivity index (χ1) is 14.0. The second-order valence-electron chi connectivity index (χ2n) is 7.12. The minimum atomic E-state index is 0. The van der Waals surface area contributed by atoms with E-state index in [2.05, 4.69) is 22.1 Å². The molecular weight excluding hydrogens is 426 g/mol. The number of thioether (sulfide) groups is 1. The van der Waals surface area contributed by atoms with Crippen molar-refractivity contribution in [1.29, 1.82) is 10.8 Å². The number of methoxy groups -OCH3 is 3. The van der Waals surface area contributed by atoms with Gasteiger partial charge in [0.2, 0.25) is 0 Å². The van der Waals surface area contributed by atoms with Crippen LogP contribution in [-0.2, 0) is 0 Å². The molecule has 0 amide bonds. The van der Waals surface area contributed by atoms with Crippen LogP contribution in [0.3, 0.4) is 0 Å². The monoisotopic (exact) mass is 451 g/mol. The van der Waals surface area contributed by atoms with Gasteiger partial charge in [-0.05, 0) is 24.1 Å². The molecule has 162 valence electrons. The lowest BCUT2D eigenvalue weighted by atomic mass is 10.0. The highest BCUT2D eigenvalue weighted by molar-refractivity contribution is 8.18. The summed E-state index contributed by atoms with van der Waals surface area (Å²) in [7, 11) is 4.69. The summed E-state index contributed by atoms with van der Waals surface area (Å²) in [6.07, 6.45) is 2.31. The Hall–Kier alpha value is -2.39. The van der Waals surface area contributed by atoms with Gasteiger partial charge in [0, 0.05) is 19.2 Å². The number of halogens is 1. The third-order valence-electron chi connectivity index (χ3n) is 5.58. The summed E-state index contributed by atoms with van der Waals surface area (Å²) < 4.78 is 16.6. The topological polar surface area (TPSA) is 103 Å². The average Bonchev–Trinajstić information content (AvgIpc) is 3.44. The van der Waals surface area contributed by atoms with Crippen LogP contribution in [-0.4, -0.2) is 56.2 Å². The van der Waals surface area contributed by atoms with E-state index in [4.69, 9.17) is 25.0 Å². The highest BCUT2D eigenvalue weighted by Gasteiger charge is 2.37. The smallest absolute Gasteiger partial charge is 0.171 e. The molecular formula is C20H26ClN5O3S. The number of nitrogens with zero attached hydrogens (tertiary/aromatic N) is 2. The van der Waals surface area contributed by atoms with Crippen LogP contribution in [0.15, 0.2) is 16.0 Å². The Morgan fingerprint density at radius 2 is 1.90 bits per heavy atom. The van der Waals surface area contributed by atoms with Crippen LogP contribution in [0.2, 0.25) is 0 Å². The highest BCUT2D eigenvalue weighted by Crippen LogP contribution is 2.48. The van der Waals surface area contributed by atoms with Crippen molar-refractivity contribution in [3.8, 4) is 17.2 Å². The van der Waals surface area contributed by atoms with Gasteiger partial charge in [0.05, 0.1) is 43.1 Å². The minimum Gasteiger partial charge on any atom is -0.496 e. The first-order valence-corrected chi connectivity index (χ1v) is 10.4. The highest BCUT2D eigenvalue weighted by atomic mass is 35.5. The third-order valence-corrected chi connectivity index (χ3v) is 6.71. The fourth-order valence-corrected chi connectivity index (χ4v) is 5.00. The van der Waals surface area contributed by atoms with Gasteiger partial charge < -0.3 is 24.4 Å². The van der Waals surface area contributed by atoms with Crippen molar-refractivity contribution in [2.45, 2.75) is 19.8 Å². The zero-order chi connectivity index (χ0) is 20.7. The molecule has 3 aliphatic rings. The summed E-state index contributed by atoms with van der Waals surface area (Å²) in [5.74, 6) is 2.61. The summed E-state index contributed by atoms with van der Waals surface area (Å²) in [6.45, 7) is 4.15. The Bertz CT molecular complexity index is 962. The molecule has 4 rings (SSSR count). The Morgan fingerprint density at radius 1 is 1.17 bits per heavy atom. The zero-order valence-electron chi connectivity index (χ0n) is 17.4. The van der Waals surface area contributed by atoms with Crippen LogP contribution < -0.4 is 19.5 Å². The van der Waals surface area contributed by atoms with Crippen molar-refractivity contribution in [2.75, 3.05) is 34.4 Å². The summed E-state index contributed by atoms with van der Waals surface area (Å²) in [5, 5.41) is 20.9. The number of fused-ring (bicyclic) bond motifs is 1.